The van der Waals surface area contributed by atoms with Crippen molar-refractivity contribution in [3.63, 3.8) is 0 Å². The van der Waals surface area contributed by atoms with E-state index in [1.54, 1.807) is 0 Å². The molecule has 0 atom stereocenters. The zero-order valence-electron chi connectivity index (χ0n) is 9.13. The van der Waals surface area contributed by atoms with Gasteiger partial charge in [-0.2, -0.15) is 0 Å². The molecule has 0 nitrogen and oxygen atoms in total. The van der Waals surface area contributed by atoms with E-state index in [0.717, 1.165) is 0 Å². The highest BCUT2D eigenvalue weighted by molar-refractivity contribution is 5.16. The maximum Gasteiger partial charge on any atom is -0.0225 e. The quantitative estimate of drug-likeness (QED) is 0.652. The maximum atomic E-state index is 2.46. The van der Waals surface area contributed by atoms with Gasteiger partial charge in [-0.3, -0.25) is 0 Å². The minimum Gasteiger partial charge on any atom is -0.0622 e. The van der Waals surface area contributed by atoms with Crippen LogP contribution in [0.2, 0.25) is 0 Å². The summed E-state index contributed by atoms with van der Waals surface area (Å²) in [4.78, 5) is 0. The Morgan fingerprint density at radius 2 is 1.64 bits per heavy atom. The molecule has 76 valence electrons. The van der Waals surface area contributed by atoms with E-state index in [0.29, 0.717) is 5.41 Å². The standard InChI is InChI=1S/C14H20/c1-14(10-6-3-7-11-14)12-13-8-4-2-5-9-13/h2,4-5,8-9H,3,6-7,10-12H2,1H3. The highest BCUT2D eigenvalue weighted by Gasteiger charge is 2.26. The average Bonchev–Trinajstić information content (AvgIpc) is 2.19. The summed E-state index contributed by atoms with van der Waals surface area (Å²) in [6, 6.07) is 10.9. The smallest absolute Gasteiger partial charge is 0.0225 e. The highest BCUT2D eigenvalue weighted by atomic mass is 14.3. The normalized spacial score (nSPS) is 20.6. The molecule has 0 heterocycles. The van der Waals surface area contributed by atoms with E-state index in [1.807, 2.05) is 0 Å². The summed E-state index contributed by atoms with van der Waals surface area (Å²) in [5.74, 6) is 0. The van der Waals surface area contributed by atoms with E-state index >= 15 is 0 Å². The van der Waals surface area contributed by atoms with Crippen molar-refractivity contribution in [2.75, 3.05) is 0 Å². The third-order valence-corrected chi connectivity index (χ3v) is 3.53. The SMILES string of the molecule is CC1(Cc2ccccc2)CCCCC1. The Hall–Kier alpha value is -0.780. The van der Waals surface area contributed by atoms with Gasteiger partial charge in [0.1, 0.15) is 0 Å². The maximum absolute atomic E-state index is 2.46. The fraction of sp³-hybridized carbons (Fsp3) is 0.571. The predicted octanol–water partition coefficient (Wildman–Crippen LogP) is 4.20. The van der Waals surface area contributed by atoms with Gasteiger partial charge in [-0.05, 0) is 30.2 Å². The van der Waals surface area contributed by atoms with Gasteiger partial charge < -0.3 is 0 Å². The molecule has 0 aliphatic heterocycles. The van der Waals surface area contributed by atoms with Crippen molar-refractivity contribution in [3.05, 3.63) is 35.9 Å². The molecule has 1 aliphatic rings. The Bertz CT molecular complexity index is 267. The average molecular weight is 188 g/mol. The first-order chi connectivity index (χ1) is 6.79. The fourth-order valence-corrected chi connectivity index (χ4v) is 2.67. The summed E-state index contributed by atoms with van der Waals surface area (Å²) < 4.78 is 0. The third-order valence-electron chi connectivity index (χ3n) is 3.53. The van der Waals surface area contributed by atoms with Gasteiger partial charge in [0, 0.05) is 0 Å². The molecule has 1 aromatic rings. The van der Waals surface area contributed by atoms with Crippen molar-refractivity contribution in [3.8, 4) is 0 Å². The Kier molecular flexibility index (Phi) is 2.90. The van der Waals surface area contributed by atoms with Crippen molar-refractivity contribution in [1.82, 2.24) is 0 Å². The largest absolute Gasteiger partial charge is 0.0622 e. The summed E-state index contributed by atoms with van der Waals surface area (Å²) in [6.45, 7) is 2.46. The van der Waals surface area contributed by atoms with Crippen LogP contribution >= 0.6 is 0 Å². The van der Waals surface area contributed by atoms with E-state index in [4.69, 9.17) is 0 Å². The molecule has 0 radical (unpaired) electrons. The lowest BCUT2D eigenvalue weighted by molar-refractivity contribution is 0.215. The van der Waals surface area contributed by atoms with Crippen molar-refractivity contribution < 1.29 is 0 Å². The number of benzene rings is 1. The Morgan fingerprint density at radius 3 is 2.29 bits per heavy atom. The predicted molar refractivity (Wildman–Crippen MR) is 61.3 cm³/mol. The van der Waals surface area contributed by atoms with Gasteiger partial charge in [-0.25, -0.2) is 0 Å². The molecule has 1 aromatic carbocycles. The number of rotatable bonds is 2. The monoisotopic (exact) mass is 188 g/mol. The van der Waals surface area contributed by atoms with Crippen LogP contribution in [-0.4, -0.2) is 0 Å². The zero-order chi connectivity index (χ0) is 9.86. The second-order valence-corrected chi connectivity index (χ2v) is 5.03. The fourth-order valence-electron chi connectivity index (χ4n) is 2.67. The molecule has 0 saturated heterocycles. The summed E-state index contributed by atoms with van der Waals surface area (Å²) in [6.07, 6.45) is 8.43. The van der Waals surface area contributed by atoms with Crippen LogP contribution in [0, 0.1) is 5.41 Å². The second-order valence-electron chi connectivity index (χ2n) is 5.03. The van der Waals surface area contributed by atoms with E-state index in [2.05, 4.69) is 37.3 Å². The summed E-state index contributed by atoms with van der Waals surface area (Å²) in [7, 11) is 0. The summed E-state index contributed by atoms with van der Waals surface area (Å²) in [5.41, 5.74) is 2.09. The zero-order valence-corrected chi connectivity index (χ0v) is 9.13. The van der Waals surface area contributed by atoms with Crippen molar-refractivity contribution in [2.45, 2.75) is 45.4 Å². The van der Waals surface area contributed by atoms with Crippen LogP contribution in [0.1, 0.15) is 44.6 Å². The van der Waals surface area contributed by atoms with E-state index in [-0.39, 0.29) is 0 Å². The van der Waals surface area contributed by atoms with Gasteiger partial charge in [0.05, 0.1) is 0 Å². The van der Waals surface area contributed by atoms with Gasteiger partial charge in [-0.15, -0.1) is 0 Å². The van der Waals surface area contributed by atoms with E-state index < -0.39 is 0 Å². The van der Waals surface area contributed by atoms with Gasteiger partial charge in [-0.1, -0.05) is 56.5 Å². The summed E-state index contributed by atoms with van der Waals surface area (Å²) in [5, 5.41) is 0. The lowest BCUT2D eigenvalue weighted by atomic mass is 9.72. The van der Waals surface area contributed by atoms with Gasteiger partial charge in [0.15, 0.2) is 0 Å². The first-order valence-electron chi connectivity index (χ1n) is 5.82. The van der Waals surface area contributed by atoms with Crippen LogP contribution < -0.4 is 0 Å². The second kappa shape index (κ2) is 4.16. The van der Waals surface area contributed by atoms with Crippen LogP contribution in [-0.2, 0) is 6.42 Å². The molecule has 0 N–H and O–H groups in total. The molecule has 1 fully saturated rings. The Balaban J connectivity index is 2.02. The minimum absolute atomic E-state index is 0.583. The third kappa shape index (κ3) is 2.37. The van der Waals surface area contributed by atoms with Crippen LogP contribution in [0.4, 0.5) is 0 Å². The molecule has 0 aromatic heterocycles. The molecule has 2 rings (SSSR count). The van der Waals surface area contributed by atoms with Gasteiger partial charge in [0.25, 0.3) is 0 Å². The molecular weight excluding hydrogens is 168 g/mol. The Morgan fingerprint density at radius 1 is 1.00 bits per heavy atom. The van der Waals surface area contributed by atoms with Gasteiger partial charge in [0.2, 0.25) is 0 Å². The molecule has 1 saturated carbocycles. The van der Waals surface area contributed by atoms with Crippen LogP contribution in [0.25, 0.3) is 0 Å². The summed E-state index contributed by atoms with van der Waals surface area (Å²) >= 11 is 0. The topological polar surface area (TPSA) is 0 Å². The van der Waals surface area contributed by atoms with E-state index in [9.17, 15) is 0 Å². The Labute approximate surface area is 87.3 Å². The van der Waals surface area contributed by atoms with Crippen LogP contribution in [0.15, 0.2) is 30.3 Å². The van der Waals surface area contributed by atoms with Crippen LogP contribution in [0.3, 0.4) is 0 Å². The minimum atomic E-state index is 0.583. The molecule has 0 unspecified atom stereocenters. The number of hydrogen-bond donors (Lipinski definition) is 0. The van der Waals surface area contributed by atoms with Crippen molar-refractivity contribution in [1.29, 1.82) is 0 Å². The van der Waals surface area contributed by atoms with Crippen molar-refractivity contribution in [2.24, 2.45) is 5.41 Å². The first kappa shape index (κ1) is 9.76. The lowest BCUT2D eigenvalue weighted by Gasteiger charge is -2.33. The molecule has 0 heteroatoms. The molecule has 14 heavy (non-hydrogen) atoms. The molecule has 0 spiro atoms. The first-order valence-corrected chi connectivity index (χ1v) is 5.82. The van der Waals surface area contributed by atoms with Crippen molar-refractivity contribution >= 4 is 0 Å². The van der Waals surface area contributed by atoms with Gasteiger partial charge >= 0.3 is 0 Å². The number of hydrogen-bond acceptors (Lipinski definition) is 0. The molecule has 1 aliphatic carbocycles. The molecule has 0 bridgehead atoms. The molecular formula is C14H20. The van der Waals surface area contributed by atoms with Crippen LogP contribution in [0.5, 0.6) is 0 Å². The lowest BCUT2D eigenvalue weighted by Crippen LogP contribution is -2.22. The van der Waals surface area contributed by atoms with E-state index in [1.165, 1.54) is 44.1 Å². The molecule has 0 amide bonds. The highest BCUT2D eigenvalue weighted by Crippen LogP contribution is 2.38.